The second kappa shape index (κ2) is 8.19. The number of fused-ring (bicyclic) bond motifs is 1. The maximum Gasteiger partial charge on any atom is 0.222 e. The lowest BCUT2D eigenvalue weighted by atomic mass is 9.92. The van der Waals surface area contributed by atoms with Crippen molar-refractivity contribution in [2.24, 2.45) is 11.8 Å². The number of amides is 1. The van der Waals surface area contributed by atoms with Crippen LogP contribution < -0.4 is 5.32 Å². The molecule has 2 heterocycles. The molecular weight excluding hydrogens is 319 g/mol. The van der Waals surface area contributed by atoms with Gasteiger partial charge in [-0.2, -0.15) is 0 Å². The molecule has 2 fully saturated rings. The summed E-state index contributed by atoms with van der Waals surface area (Å²) >= 11 is 5.88. The van der Waals surface area contributed by atoms with Crippen LogP contribution in [0.15, 0.2) is 24.3 Å². The van der Waals surface area contributed by atoms with Gasteiger partial charge in [0.1, 0.15) is 0 Å². The second-order valence-corrected chi connectivity index (χ2v) is 6.70. The van der Waals surface area contributed by atoms with E-state index in [1.54, 1.807) is 0 Å². The second-order valence-electron chi connectivity index (χ2n) is 6.26. The highest BCUT2D eigenvalue weighted by Crippen LogP contribution is 2.27. The average Bonchev–Trinajstić information content (AvgIpc) is 2.85. The van der Waals surface area contributed by atoms with Crippen molar-refractivity contribution in [1.29, 1.82) is 0 Å². The van der Waals surface area contributed by atoms with Crippen LogP contribution in [0.4, 0.5) is 0 Å². The fourth-order valence-electron chi connectivity index (χ4n) is 3.53. The summed E-state index contributed by atoms with van der Waals surface area (Å²) in [5.41, 5.74) is 1.18. The molecule has 0 bridgehead atoms. The van der Waals surface area contributed by atoms with Gasteiger partial charge in [-0.25, -0.2) is 0 Å². The number of halogens is 2. The number of nitrogens with zero attached hydrogens (tertiary/aromatic N) is 1. The smallest absolute Gasteiger partial charge is 0.222 e. The molecule has 0 radical (unpaired) electrons. The number of nitrogens with one attached hydrogen (secondary N) is 1. The Kier molecular flexibility index (Phi) is 6.54. The topological polar surface area (TPSA) is 32.3 Å². The Morgan fingerprint density at radius 3 is 2.32 bits per heavy atom. The third kappa shape index (κ3) is 4.37. The molecule has 122 valence electrons. The highest BCUT2D eigenvalue weighted by Gasteiger charge is 2.31. The van der Waals surface area contributed by atoms with Crippen molar-refractivity contribution in [3.05, 3.63) is 34.9 Å². The highest BCUT2D eigenvalue weighted by molar-refractivity contribution is 6.30. The molecular formula is C17H24Cl2N2O. The summed E-state index contributed by atoms with van der Waals surface area (Å²) in [6.45, 7) is 4.14. The Labute approximate surface area is 143 Å². The van der Waals surface area contributed by atoms with Crippen molar-refractivity contribution >= 4 is 29.9 Å². The van der Waals surface area contributed by atoms with Crippen LogP contribution in [0, 0.1) is 11.8 Å². The van der Waals surface area contributed by atoms with Crippen LogP contribution in [0.5, 0.6) is 0 Å². The molecule has 0 saturated carbocycles. The summed E-state index contributed by atoms with van der Waals surface area (Å²) in [4.78, 5) is 14.5. The van der Waals surface area contributed by atoms with Gasteiger partial charge in [-0.05, 0) is 61.9 Å². The van der Waals surface area contributed by atoms with E-state index in [1.165, 1.54) is 5.56 Å². The third-order valence-electron chi connectivity index (χ3n) is 4.91. The van der Waals surface area contributed by atoms with Gasteiger partial charge >= 0.3 is 0 Å². The van der Waals surface area contributed by atoms with E-state index in [9.17, 15) is 4.79 Å². The minimum absolute atomic E-state index is 0. The lowest BCUT2D eigenvalue weighted by Gasteiger charge is -2.21. The number of rotatable bonds is 3. The molecule has 1 aromatic carbocycles. The number of hydrogen-bond donors (Lipinski definition) is 1. The molecule has 2 aliphatic rings. The van der Waals surface area contributed by atoms with Crippen molar-refractivity contribution < 1.29 is 4.79 Å². The van der Waals surface area contributed by atoms with Crippen LogP contribution in [0.2, 0.25) is 5.02 Å². The zero-order chi connectivity index (χ0) is 14.7. The summed E-state index contributed by atoms with van der Waals surface area (Å²) in [7, 11) is 0. The molecule has 0 aliphatic carbocycles. The van der Waals surface area contributed by atoms with E-state index in [0.717, 1.165) is 62.3 Å². The molecule has 1 amide bonds. The molecule has 1 aromatic rings. The molecule has 0 spiro atoms. The van der Waals surface area contributed by atoms with Crippen LogP contribution in [-0.4, -0.2) is 37.0 Å². The standard InChI is InChI=1S/C17H23ClN2O.ClH/c18-16-4-1-13(2-5-16)3-6-17(21)20-9-7-14-11-19-12-15(14)8-10-20;/h1-2,4-5,14-15,19H,3,6-12H2;1H/t14-,15+;. The Bertz CT molecular complexity index is 478. The van der Waals surface area contributed by atoms with Gasteiger partial charge in [-0.1, -0.05) is 23.7 Å². The van der Waals surface area contributed by atoms with Crippen LogP contribution >= 0.6 is 24.0 Å². The van der Waals surface area contributed by atoms with Gasteiger partial charge in [0, 0.05) is 24.5 Å². The van der Waals surface area contributed by atoms with E-state index < -0.39 is 0 Å². The lowest BCUT2D eigenvalue weighted by molar-refractivity contribution is -0.131. The quantitative estimate of drug-likeness (QED) is 0.914. The van der Waals surface area contributed by atoms with E-state index in [1.807, 2.05) is 24.3 Å². The van der Waals surface area contributed by atoms with Crippen LogP contribution in [0.1, 0.15) is 24.8 Å². The minimum Gasteiger partial charge on any atom is -0.343 e. The molecule has 2 atom stereocenters. The molecule has 3 rings (SSSR count). The maximum atomic E-state index is 12.4. The fraction of sp³-hybridized carbons (Fsp3) is 0.588. The number of aryl methyl sites for hydroxylation is 1. The minimum atomic E-state index is 0. The van der Waals surface area contributed by atoms with Crippen molar-refractivity contribution in [1.82, 2.24) is 10.2 Å². The zero-order valence-electron chi connectivity index (χ0n) is 12.8. The Balaban J connectivity index is 0.00000176. The summed E-state index contributed by atoms with van der Waals surface area (Å²) < 4.78 is 0. The van der Waals surface area contributed by atoms with Gasteiger partial charge < -0.3 is 10.2 Å². The van der Waals surface area contributed by atoms with Gasteiger partial charge in [-0.3, -0.25) is 4.79 Å². The largest absolute Gasteiger partial charge is 0.343 e. The zero-order valence-corrected chi connectivity index (χ0v) is 14.3. The van der Waals surface area contributed by atoms with Crippen molar-refractivity contribution in [2.75, 3.05) is 26.2 Å². The molecule has 22 heavy (non-hydrogen) atoms. The van der Waals surface area contributed by atoms with Gasteiger partial charge in [0.25, 0.3) is 0 Å². The number of hydrogen-bond acceptors (Lipinski definition) is 2. The van der Waals surface area contributed by atoms with Crippen LogP contribution in [0.25, 0.3) is 0 Å². The summed E-state index contributed by atoms with van der Waals surface area (Å²) in [5.74, 6) is 1.86. The molecule has 0 unspecified atom stereocenters. The first-order valence-corrected chi connectivity index (χ1v) is 8.33. The molecule has 2 aliphatic heterocycles. The number of likely N-dealkylation sites (tertiary alicyclic amines) is 1. The SMILES string of the molecule is Cl.O=C(CCc1ccc(Cl)cc1)N1CC[C@@H]2CNC[C@@H]2CC1. The van der Waals surface area contributed by atoms with Crippen LogP contribution in [-0.2, 0) is 11.2 Å². The first kappa shape index (κ1) is 17.6. The van der Waals surface area contributed by atoms with Crippen molar-refractivity contribution in [3.63, 3.8) is 0 Å². The monoisotopic (exact) mass is 342 g/mol. The van der Waals surface area contributed by atoms with Crippen molar-refractivity contribution in [3.8, 4) is 0 Å². The third-order valence-corrected chi connectivity index (χ3v) is 5.16. The van der Waals surface area contributed by atoms with Gasteiger partial charge in [0.15, 0.2) is 0 Å². The Morgan fingerprint density at radius 1 is 1.14 bits per heavy atom. The maximum absolute atomic E-state index is 12.4. The highest BCUT2D eigenvalue weighted by atomic mass is 35.5. The van der Waals surface area contributed by atoms with E-state index in [2.05, 4.69) is 10.2 Å². The number of benzene rings is 1. The molecule has 5 heteroatoms. The summed E-state index contributed by atoms with van der Waals surface area (Å²) in [6.07, 6.45) is 3.73. The number of carbonyl (C=O) groups is 1. The van der Waals surface area contributed by atoms with Gasteiger partial charge in [-0.15, -0.1) is 12.4 Å². The summed E-state index contributed by atoms with van der Waals surface area (Å²) in [6, 6.07) is 7.80. The predicted octanol–water partition coefficient (Wildman–Crippen LogP) is 3.15. The summed E-state index contributed by atoms with van der Waals surface area (Å²) in [5, 5.41) is 4.22. The van der Waals surface area contributed by atoms with Crippen molar-refractivity contribution in [2.45, 2.75) is 25.7 Å². The van der Waals surface area contributed by atoms with Gasteiger partial charge in [0.05, 0.1) is 0 Å². The molecule has 2 saturated heterocycles. The molecule has 1 N–H and O–H groups in total. The Morgan fingerprint density at radius 2 is 1.73 bits per heavy atom. The lowest BCUT2D eigenvalue weighted by Crippen LogP contribution is -2.32. The fourth-order valence-corrected chi connectivity index (χ4v) is 3.65. The number of carbonyl (C=O) groups excluding carboxylic acids is 1. The van der Waals surface area contributed by atoms with Gasteiger partial charge in [0.2, 0.25) is 5.91 Å². The normalized spacial score (nSPS) is 24.3. The van der Waals surface area contributed by atoms with Crippen LogP contribution in [0.3, 0.4) is 0 Å². The van der Waals surface area contributed by atoms with E-state index in [-0.39, 0.29) is 12.4 Å². The first-order chi connectivity index (χ1) is 10.2. The van der Waals surface area contributed by atoms with E-state index >= 15 is 0 Å². The molecule has 0 aromatic heterocycles. The Hall–Kier alpha value is -0.770. The molecule has 3 nitrogen and oxygen atoms in total. The average molecular weight is 343 g/mol. The first-order valence-electron chi connectivity index (χ1n) is 7.95. The predicted molar refractivity (Wildman–Crippen MR) is 92.7 cm³/mol. The van der Waals surface area contributed by atoms with E-state index in [4.69, 9.17) is 11.6 Å². The van der Waals surface area contributed by atoms with E-state index in [0.29, 0.717) is 12.3 Å².